The fourth-order valence-corrected chi connectivity index (χ4v) is 1.86. The van der Waals surface area contributed by atoms with Gasteiger partial charge >= 0.3 is 0 Å². The lowest BCUT2D eigenvalue weighted by Crippen LogP contribution is -2.13. The number of nitrogens with two attached hydrogens (primary N) is 1. The minimum Gasteiger partial charge on any atom is -0.393 e. The summed E-state index contributed by atoms with van der Waals surface area (Å²) in [6, 6.07) is 3.64. The molecule has 2 rings (SSSR count). The second kappa shape index (κ2) is 3.79. The molecule has 2 aromatic heterocycles. The highest BCUT2D eigenvalue weighted by Crippen LogP contribution is 2.16. The number of rotatable bonds is 2. The molecule has 0 spiro atoms. The molecule has 3 nitrogen and oxygen atoms in total. The van der Waals surface area contributed by atoms with Crippen LogP contribution in [0.15, 0.2) is 18.3 Å². The fourth-order valence-electron chi connectivity index (χ4n) is 1.57. The monoisotopic (exact) mass is 239 g/mol. The fraction of sp³-hybridized carbons (Fsp3) is 0.200. The van der Waals surface area contributed by atoms with E-state index in [0.717, 1.165) is 17.0 Å². The molecule has 0 unspecified atom stereocenters. The minimum atomic E-state index is 0.467. The number of aromatic nitrogens is 2. The third-order valence-corrected chi connectivity index (χ3v) is 2.61. The van der Waals surface area contributed by atoms with Crippen molar-refractivity contribution in [3.05, 3.63) is 34.7 Å². The number of imidazole rings is 1. The molecular weight excluding hydrogens is 230 g/mol. The van der Waals surface area contributed by atoms with E-state index in [0.29, 0.717) is 16.4 Å². The molecule has 0 atom stereocenters. The van der Waals surface area contributed by atoms with Gasteiger partial charge in [0, 0.05) is 23.7 Å². The molecule has 0 saturated heterocycles. The molecule has 0 fully saturated rings. The van der Waals surface area contributed by atoms with Gasteiger partial charge in [0.15, 0.2) is 0 Å². The molecule has 2 heterocycles. The van der Waals surface area contributed by atoms with Gasteiger partial charge in [-0.2, -0.15) is 0 Å². The summed E-state index contributed by atoms with van der Waals surface area (Å²) < 4.78 is 1.96. The van der Waals surface area contributed by atoms with Crippen molar-refractivity contribution in [1.29, 1.82) is 0 Å². The summed E-state index contributed by atoms with van der Waals surface area (Å²) >= 11 is 10.8. The zero-order chi connectivity index (χ0) is 11.0. The molecule has 2 N–H and O–H groups in total. The SMILES string of the molecule is Cc1nc2cc(Cl)ccn2c1CC(N)=S. The standard InChI is InChI=1S/C10H10ClN3S/c1-6-8(5-9(12)15)14-3-2-7(11)4-10(14)13-6/h2-4H,5H2,1H3,(H2,12,15). The Morgan fingerprint density at radius 3 is 3.07 bits per heavy atom. The van der Waals surface area contributed by atoms with Crippen molar-refractivity contribution in [2.24, 2.45) is 5.73 Å². The van der Waals surface area contributed by atoms with Crippen LogP contribution in [-0.2, 0) is 6.42 Å². The molecule has 15 heavy (non-hydrogen) atoms. The van der Waals surface area contributed by atoms with E-state index in [4.69, 9.17) is 29.6 Å². The van der Waals surface area contributed by atoms with Crippen LogP contribution in [0.25, 0.3) is 5.65 Å². The average Bonchev–Trinajstić information content (AvgIpc) is 2.41. The molecule has 0 aliphatic rings. The van der Waals surface area contributed by atoms with Gasteiger partial charge in [-0.05, 0) is 13.0 Å². The third kappa shape index (κ3) is 1.96. The molecule has 0 aromatic carbocycles. The second-order valence-corrected chi connectivity index (χ2v) is 4.32. The predicted octanol–water partition coefficient (Wildman–Crippen LogP) is 2.12. The van der Waals surface area contributed by atoms with Gasteiger partial charge in [0.05, 0.1) is 16.4 Å². The number of halogens is 1. The topological polar surface area (TPSA) is 43.3 Å². The Morgan fingerprint density at radius 2 is 2.40 bits per heavy atom. The number of thiocarbonyl (C=S) groups is 1. The molecule has 2 aromatic rings. The Kier molecular flexibility index (Phi) is 2.63. The smallest absolute Gasteiger partial charge is 0.138 e. The van der Waals surface area contributed by atoms with E-state index in [1.54, 1.807) is 0 Å². The number of hydrogen-bond donors (Lipinski definition) is 1. The van der Waals surface area contributed by atoms with Crippen LogP contribution in [0.1, 0.15) is 11.4 Å². The van der Waals surface area contributed by atoms with Gasteiger partial charge in [-0.25, -0.2) is 4.98 Å². The average molecular weight is 240 g/mol. The maximum absolute atomic E-state index is 5.88. The van der Waals surface area contributed by atoms with Crippen LogP contribution in [0.2, 0.25) is 5.02 Å². The summed E-state index contributed by atoms with van der Waals surface area (Å²) in [7, 11) is 0. The maximum Gasteiger partial charge on any atom is 0.138 e. The first-order chi connectivity index (χ1) is 7.08. The van der Waals surface area contributed by atoms with Crippen molar-refractivity contribution in [2.45, 2.75) is 13.3 Å². The van der Waals surface area contributed by atoms with Gasteiger partial charge < -0.3 is 10.1 Å². The first kappa shape index (κ1) is 10.4. The van der Waals surface area contributed by atoms with Gasteiger partial charge in [0.1, 0.15) is 5.65 Å². The number of fused-ring (bicyclic) bond motifs is 1. The second-order valence-electron chi connectivity index (χ2n) is 3.36. The first-order valence-corrected chi connectivity index (χ1v) is 5.28. The Hall–Kier alpha value is -1.13. The van der Waals surface area contributed by atoms with Gasteiger partial charge in [-0.3, -0.25) is 0 Å². The molecule has 0 amide bonds. The minimum absolute atomic E-state index is 0.467. The largest absolute Gasteiger partial charge is 0.393 e. The molecule has 0 bridgehead atoms. The summed E-state index contributed by atoms with van der Waals surface area (Å²) in [4.78, 5) is 4.86. The zero-order valence-electron chi connectivity index (χ0n) is 8.20. The maximum atomic E-state index is 5.88. The third-order valence-electron chi connectivity index (χ3n) is 2.23. The molecule has 5 heteroatoms. The van der Waals surface area contributed by atoms with Crippen molar-refractivity contribution in [2.75, 3.05) is 0 Å². The first-order valence-electron chi connectivity index (χ1n) is 4.49. The molecular formula is C10H10ClN3S. The molecule has 0 aliphatic heterocycles. The highest BCUT2D eigenvalue weighted by atomic mass is 35.5. The lowest BCUT2D eigenvalue weighted by molar-refractivity contribution is 1.05. The van der Waals surface area contributed by atoms with E-state index in [1.165, 1.54) is 0 Å². The summed E-state index contributed by atoms with van der Waals surface area (Å²) in [6.45, 7) is 1.94. The van der Waals surface area contributed by atoms with Gasteiger partial charge in [0.2, 0.25) is 0 Å². The number of pyridine rings is 1. The zero-order valence-corrected chi connectivity index (χ0v) is 9.77. The van der Waals surface area contributed by atoms with E-state index < -0.39 is 0 Å². The van der Waals surface area contributed by atoms with E-state index in [-0.39, 0.29) is 0 Å². The Balaban J connectivity index is 2.63. The molecule has 0 aliphatic carbocycles. The normalized spacial score (nSPS) is 10.8. The summed E-state index contributed by atoms with van der Waals surface area (Å²) in [5.41, 5.74) is 8.32. The lowest BCUT2D eigenvalue weighted by Gasteiger charge is -2.01. The Labute approximate surface area is 97.9 Å². The van der Waals surface area contributed by atoms with Gasteiger partial charge in [-0.1, -0.05) is 23.8 Å². The highest BCUT2D eigenvalue weighted by Gasteiger charge is 2.09. The van der Waals surface area contributed by atoms with E-state index >= 15 is 0 Å². The molecule has 0 radical (unpaired) electrons. The lowest BCUT2D eigenvalue weighted by atomic mass is 10.2. The number of aryl methyl sites for hydroxylation is 1. The van der Waals surface area contributed by atoms with E-state index in [9.17, 15) is 0 Å². The quantitative estimate of drug-likeness (QED) is 0.817. The summed E-state index contributed by atoms with van der Waals surface area (Å²) in [5, 5.41) is 0.675. The Morgan fingerprint density at radius 1 is 1.67 bits per heavy atom. The predicted molar refractivity (Wildman–Crippen MR) is 65.4 cm³/mol. The van der Waals surface area contributed by atoms with Crippen molar-refractivity contribution in [3.8, 4) is 0 Å². The Bertz CT molecular complexity index is 533. The van der Waals surface area contributed by atoms with Crippen molar-refractivity contribution < 1.29 is 0 Å². The van der Waals surface area contributed by atoms with E-state index in [2.05, 4.69) is 4.98 Å². The van der Waals surface area contributed by atoms with Gasteiger partial charge in [0.25, 0.3) is 0 Å². The highest BCUT2D eigenvalue weighted by molar-refractivity contribution is 7.80. The van der Waals surface area contributed by atoms with Crippen molar-refractivity contribution >= 4 is 34.5 Å². The van der Waals surface area contributed by atoms with Crippen LogP contribution in [0.5, 0.6) is 0 Å². The number of hydrogen-bond acceptors (Lipinski definition) is 2. The van der Waals surface area contributed by atoms with Crippen LogP contribution in [-0.4, -0.2) is 14.4 Å². The van der Waals surface area contributed by atoms with Gasteiger partial charge in [-0.15, -0.1) is 0 Å². The van der Waals surface area contributed by atoms with Crippen LogP contribution in [0, 0.1) is 6.92 Å². The van der Waals surface area contributed by atoms with Crippen LogP contribution in [0.4, 0.5) is 0 Å². The van der Waals surface area contributed by atoms with Crippen LogP contribution >= 0.6 is 23.8 Å². The molecule has 0 saturated carbocycles. The summed E-state index contributed by atoms with van der Waals surface area (Å²) in [5.74, 6) is 0. The van der Waals surface area contributed by atoms with E-state index in [1.807, 2.05) is 29.7 Å². The number of nitrogens with zero attached hydrogens (tertiary/aromatic N) is 2. The van der Waals surface area contributed by atoms with Crippen LogP contribution < -0.4 is 5.73 Å². The summed E-state index contributed by atoms with van der Waals surface area (Å²) in [6.07, 6.45) is 2.44. The molecule has 78 valence electrons. The van der Waals surface area contributed by atoms with Crippen LogP contribution in [0.3, 0.4) is 0 Å². The van der Waals surface area contributed by atoms with Crippen molar-refractivity contribution in [3.63, 3.8) is 0 Å². The van der Waals surface area contributed by atoms with Crippen molar-refractivity contribution in [1.82, 2.24) is 9.38 Å².